The van der Waals surface area contributed by atoms with Crippen molar-refractivity contribution in [2.45, 2.75) is 52.1 Å². The van der Waals surface area contributed by atoms with Gasteiger partial charge in [0.25, 0.3) is 0 Å². The van der Waals surface area contributed by atoms with E-state index in [9.17, 15) is 0 Å². The largest absolute Gasteiger partial charge is 0.357 e. The third-order valence-electron chi connectivity index (χ3n) is 5.41. The number of rotatable bonds is 7. The van der Waals surface area contributed by atoms with E-state index in [1.807, 2.05) is 6.20 Å². The van der Waals surface area contributed by atoms with Gasteiger partial charge in [0.1, 0.15) is 5.82 Å². The van der Waals surface area contributed by atoms with Crippen molar-refractivity contribution in [3.63, 3.8) is 0 Å². The molecule has 3 rings (SSSR count). The van der Waals surface area contributed by atoms with Crippen LogP contribution in [0.1, 0.15) is 45.1 Å². The molecule has 6 nitrogen and oxygen atoms in total. The summed E-state index contributed by atoms with van der Waals surface area (Å²) >= 11 is 0. The highest BCUT2D eigenvalue weighted by Crippen LogP contribution is 2.19. The van der Waals surface area contributed by atoms with Crippen molar-refractivity contribution in [2.24, 2.45) is 4.99 Å². The molecule has 3 heterocycles. The smallest absolute Gasteiger partial charge is 0.191 e. The number of anilines is 1. The predicted octanol–water partition coefficient (Wildman–Crippen LogP) is 2.22. The minimum atomic E-state index is 0.631. The molecular formula is C20H34N6. The number of guanidine groups is 1. The Hall–Kier alpha value is -1.82. The minimum absolute atomic E-state index is 0.631. The SMILES string of the molecule is CCNC(=NCc1ccnc(N2CCCC2)c1)NCC1CCCN1CC. The molecule has 0 saturated carbocycles. The molecule has 1 atom stereocenters. The number of hydrogen-bond acceptors (Lipinski definition) is 4. The molecule has 0 radical (unpaired) electrons. The lowest BCUT2D eigenvalue weighted by Gasteiger charge is -2.24. The molecule has 0 aliphatic carbocycles. The van der Waals surface area contributed by atoms with Crippen LogP contribution in [0.25, 0.3) is 0 Å². The zero-order chi connectivity index (χ0) is 18.2. The maximum atomic E-state index is 4.79. The van der Waals surface area contributed by atoms with E-state index >= 15 is 0 Å². The van der Waals surface area contributed by atoms with Gasteiger partial charge in [0.2, 0.25) is 0 Å². The van der Waals surface area contributed by atoms with Crippen molar-refractivity contribution in [2.75, 3.05) is 44.2 Å². The molecule has 0 bridgehead atoms. The van der Waals surface area contributed by atoms with E-state index in [1.54, 1.807) is 0 Å². The number of aromatic nitrogens is 1. The van der Waals surface area contributed by atoms with E-state index < -0.39 is 0 Å². The van der Waals surface area contributed by atoms with Crippen molar-refractivity contribution >= 4 is 11.8 Å². The van der Waals surface area contributed by atoms with Gasteiger partial charge in [-0.1, -0.05) is 6.92 Å². The van der Waals surface area contributed by atoms with Crippen LogP contribution in [0.3, 0.4) is 0 Å². The normalized spacial score (nSPS) is 21.4. The van der Waals surface area contributed by atoms with Crippen LogP contribution in [0.4, 0.5) is 5.82 Å². The quantitative estimate of drug-likeness (QED) is 0.578. The maximum Gasteiger partial charge on any atom is 0.191 e. The minimum Gasteiger partial charge on any atom is -0.357 e. The number of likely N-dealkylation sites (N-methyl/N-ethyl adjacent to an activating group) is 1. The second kappa shape index (κ2) is 9.76. The number of likely N-dealkylation sites (tertiary alicyclic amines) is 1. The third-order valence-corrected chi connectivity index (χ3v) is 5.41. The van der Waals surface area contributed by atoms with Crippen LogP contribution in [0.5, 0.6) is 0 Å². The van der Waals surface area contributed by atoms with Crippen molar-refractivity contribution in [3.05, 3.63) is 23.9 Å². The standard InChI is InChI=1S/C20H34N6/c1-3-21-20(24-16-18-8-7-13-25(18)4-2)23-15-17-9-10-22-19(14-17)26-11-5-6-12-26/h9-10,14,18H,3-8,11-13,15-16H2,1-2H3,(H2,21,23,24). The van der Waals surface area contributed by atoms with Crippen LogP contribution in [0.15, 0.2) is 23.3 Å². The van der Waals surface area contributed by atoms with Gasteiger partial charge >= 0.3 is 0 Å². The van der Waals surface area contributed by atoms with E-state index in [2.05, 4.69) is 51.4 Å². The third kappa shape index (κ3) is 5.10. The van der Waals surface area contributed by atoms with E-state index in [0.29, 0.717) is 12.6 Å². The van der Waals surface area contributed by atoms with Gasteiger partial charge in [-0.25, -0.2) is 9.98 Å². The fourth-order valence-corrected chi connectivity index (χ4v) is 3.95. The molecule has 0 aromatic carbocycles. The lowest BCUT2D eigenvalue weighted by atomic mass is 10.2. The molecule has 6 heteroatoms. The van der Waals surface area contributed by atoms with Crippen LogP contribution < -0.4 is 15.5 Å². The molecule has 2 aliphatic rings. The molecule has 0 spiro atoms. The van der Waals surface area contributed by atoms with Crippen LogP contribution in [0, 0.1) is 0 Å². The summed E-state index contributed by atoms with van der Waals surface area (Å²) in [6, 6.07) is 4.89. The fraction of sp³-hybridized carbons (Fsp3) is 0.700. The molecule has 2 saturated heterocycles. The van der Waals surface area contributed by atoms with Crippen LogP contribution >= 0.6 is 0 Å². The van der Waals surface area contributed by atoms with Crippen molar-refractivity contribution in [3.8, 4) is 0 Å². The van der Waals surface area contributed by atoms with E-state index in [4.69, 9.17) is 4.99 Å². The molecule has 1 unspecified atom stereocenters. The highest BCUT2D eigenvalue weighted by molar-refractivity contribution is 5.79. The second-order valence-corrected chi connectivity index (χ2v) is 7.22. The number of nitrogens with one attached hydrogen (secondary N) is 2. The lowest BCUT2D eigenvalue weighted by Crippen LogP contribution is -2.44. The molecule has 26 heavy (non-hydrogen) atoms. The van der Waals surface area contributed by atoms with Gasteiger partial charge in [0.15, 0.2) is 5.96 Å². The summed E-state index contributed by atoms with van der Waals surface area (Å²) in [5, 5.41) is 6.91. The summed E-state index contributed by atoms with van der Waals surface area (Å²) in [5.41, 5.74) is 1.22. The average Bonchev–Trinajstić information content (AvgIpc) is 3.35. The Morgan fingerprint density at radius 3 is 2.81 bits per heavy atom. The Morgan fingerprint density at radius 2 is 2.04 bits per heavy atom. The zero-order valence-corrected chi connectivity index (χ0v) is 16.4. The maximum absolute atomic E-state index is 4.79. The van der Waals surface area contributed by atoms with Gasteiger partial charge in [-0.15, -0.1) is 0 Å². The molecule has 1 aromatic rings. The summed E-state index contributed by atoms with van der Waals surface area (Å²) in [7, 11) is 0. The Balaban J connectivity index is 1.57. The van der Waals surface area contributed by atoms with E-state index in [0.717, 1.165) is 44.5 Å². The van der Waals surface area contributed by atoms with Gasteiger partial charge in [0.05, 0.1) is 6.54 Å². The van der Waals surface area contributed by atoms with Crippen LogP contribution in [-0.2, 0) is 6.54 Å². The fourth-order valence-electron chi connectivity index (χ4n) is 3.95. The molecule has 1 aromatic heterocycles. The Labute approximate surface area is 158 Å². The van der Waals surface area contributed by atoms with E-state index in [1.165, 1.54) is 37.8 Å². The predicted molar refractivity (Wildman–Crippen MR) is 109 cm³/mol. The highest BCUT2D eigenvalue weighted by Gasteiger charge is 2.22. The Kier molecular flexibility index (Phi) is 7.12. The van der Waals surface area contributed by atoms with Crippen molar-refractivity contribution in [1.29, 1.82) is 0 Å². The summed E-state index contributed by atoms with van der Waals surface area (Å²) in [4.78, 5) is 14.3. The average molecular weight is 359 g/mol. The summed E-state index contributed by atoms with van der Waals surface area (Å²) in [5.74, 6) is 2.01. The van der Waals surface area contributed by atoms with Gasteiger partial charge in [0, 0.05) is 38.4 Å². The van der Waals surface area contributed by atoms with Crippen LogP contribution in [0.2, 0.25) is 0 Å². The molecule has 2 aliphatic heterocycles. The van der Waals surface area contributed by atoms with Gasteiger partial charge in [-0.2, -0.15) is 0 Å². The number of pyridine rings is 1. The lowest BCUT2D eigenvalue weighted by molar-refractivity contribution is 0.267. The Bertz CT molecular complexity index is 581. The number of nitrogens with zero attached hydrogens (tertiary/aromatic N) is 4. The zero-order valence-electron chi connectivity index (χ0n) is 16.4. The highest BCUT2D eigenvalue weighted by atomic mass is 15.2. The second-order valence-electron chi connectivity index (χ2n) is 7.22. The first-order chi connectivity index (χ1) is 12.8. The first kappa shape index (κ1) is 19.0. The molecule has 144 valence electrons. The molecule has 2 fully saturated rings. The number of hydrogen-bond donors (Lipinski definition) is 2. The van der Waals surface area contributed by atoms with Crippen molar-refractivity contribution in [1.82, 2.24) is 20.5 Å². The number of aliphatic imine (C=N–C) groups is 1. The van der Waals surface area contributed by atoms with Crippen LogP contribution in [-0.4, -0.2) is 61.2 Å². The van der Waals surface area contributed by atoms with E-state index in [-0.39, 0.29) is 0 Å². The first-order valence-corrected chi connectivity index (χ1v) is 10.3. The van der Waals surface area contributed by atoms with Gasteiger partial charge < -0.3 is 15.5 Å². The molecular weight excluding hydrogens is 324 g/mol. The molecule has 2 N–H and O–H groups in total. The first-order valence-electron chi connectivity index (χ1n) is 10.3. The topological polar surface area (TPSA) is 55.8 Å². The summed E-state index contributed by atoms with van der Waals surface area (Å²) in [6.07, 6.45) is 7.05. The summed E-state index contributed by atoms with van der Waals surface area (Å²) < 4.78 is 0. The van der Waals surface area contributed by atoms with Gasteiger partial charge in [-0.3, -0.25) is 4.90 Å². The molecule has 0 amide bonds. The Morgan fingerprint density at radius 1 is 1.19 bits per heavy atom. The monoisotopic (exact) mass is 358 g/mol. The van der Waals surface area contributed by atoms with Crippen molar-refractivity contribution < 1.29 is 0 Å². The van der Waals surface area contributed by atoms with Gasteiger partial charge in [-0.05, 0) is 63.4 Å². The summed E-state index contributed by atoms with van der Waals surface area (Å²) in [6.45, 7) is 11.5.